The van der Waals surface area contributed by atoms with Crippen molar-refractivity contribution in [3.05, 3.63) is 28.5 Å². The zero-order valence-electron chi connectivity index (χ0n) is 10.6. The van der Waals surface area contributed by atoms with Crippen LogP contribution in [-0.4, -0.2) is 46.9 Å². The summed E-state index contributed by atoms with van der Waals surface area (Å²) >= 11 is 3.38. The Bertz CT molecular complexity index is 399. The van der Waals surface area contributed by atoms with Gasteiger partial charge in [-0.05, 0) is 28.1 Å². The SMILES string of the molecule is CCC(=O)N1CCN(Cc2ccc(Br)cn2)CC1. The third-order valence-electron chi connectivity index (χ3n) is 3.20. The lowest BCUT2D eigenvalue weighted by molar-refractivity contribution is -0.132. The Balaban J connectivity index is 1.83. The summed E-state index contributed by atoms with van der Waals surface area (Å²) in [6.45, 7) is 6.32. The minimum Gasteiger partial charge on any atom is -0.340 e. The van der Waals surface area contributed by atoms with Gasteiger partial charge in [0.25, 0.3) is 0 Å². The van der Waals surface area contributed by atoms with Crippen LogP contribution in [0, 0.1) is 0 Å². The quantitative estimate of drug-likeness (QED) is 0.855. The Morgan fingerprint density at radius 2 is 2.06 bits per heavy atom. The van der Waals surface area contributed by atoms with Gasteiger partial charge in [-0.3, -0.25) is 14.7 Å². The molecule has 1 saturated heterocycles. The van der Waals surface area contributed by atoms with Gasteiger partial charge < -0.3 is 4.90 Å². The number of rotatable bonds is 3. The van der Waals surface area contributed by atoms with E-state index in [4.69, 9.17) is 0 Å². The van der Waals surface area contributed by atoms with Crippen molar-refractivity contribution < 1.29 is 4.79 Å². The molecule has 0 spiro atoms. The molecule has 0 saturated carbocycles. The highest BCUT2D eigenvalue weighted by Gasteiger charge is 2.19. The molecule has 1 aromatic heterocycles. The summed E-state index contributed by atoms with van der Waals surface area (Å²) in [6.07, 6.45) is 2.43. The lowest BCUT2D eigenvalue weighted by atomic mass is 10.2. The molecule has 0 aliphatic carbocycles. The van der Waals surface area contributed by atoms with Crippen LogP contribution < -0.4 is 0 Å². The molecule has 1 aromatic rings. The fourth-order valence-corrected chi connectivity index (χ4v) is 2.34. The van der Waals surface area contributed by atoms with E-state index in [2.05, 4.69) is 25.8 Å². The average molecular weight is 312 g/mol. The van der Waals surface area contributed by atoms with Gasteiger partial charge in [-0.25, -0.2) is 0 Å². The van der Waals surface area contributed by atoms with Crippen LogP contribution >= 0.6 is 15.9 Å². The molecule has 0 unspecified atom stereocenters. The Morgan fingerprint density at radius 1 is 1.33 bits per heavy atom. The van der Waals surface area contributed by atoms with E-state index in [-0.39, 0.29) is 5.91 Å². The molecule has 1 aliphatic rings. The van der Waals surface area contributed by atoms with Crippen LogP contribution in [0.25, 0.3) is 0 Å². The summed E-state index contributed by atoms with van der Waals surface area (Å²) in [4.78, 5) is 20.2. The molecule has 1 amide bonds. The molecule has 2 rings (SSSR count). The number of piperazine rings is 1. The van der Waals surface area contributed by atoms with Crippen molar-refractivity contribution in [2.24, 2.45) is 0 Å². The van der Waals surface area contributed by atoms with E-state index in [0.29, 0.717) is 6.42 Å². The normalized spacial score (nSPS) is 16.9. The number of carbonyl (C=O) groups excluding carboxylic acids is 1. The second kappa shape index (κ2) is 6.29. The largest absolute Gasteiger partial charge is 0.340 e. The third kappa shape index (κ3) is 3.53. The van der Waals surface area contributed by atoms with E-state index in [1.807, 2.05) is 30.2 Å². The first-order chi connectivity index (χ1) is 8.69. The Morgan fingerprint density at radius 3 is 2.61 bits per heavy atom. The van der Waals surface area contributed by atoms with Crippen molar-refractivity contribution >= 4 is 21.8 Å². The molecular formula is C13H18BrN3O. The zero-order chi connectivity index (χ0) is 13.0. The van der Waals surface area contributed by atoms with Crippen LogP contribution in [0.3, 0.4) is 0 Å². The number of amides is 1. The molecular weight excluding hydrogens is 294 g/mol. The van der Waals surface area contributed by atoms with Gasteiger partial charge in [0.15, 0.2) is 0 Å². The fourth-order valence-electron chi connectivity index (χ4n) is 2.11. The number of aromatic nitrogens is 1. The van der Waals surface area contributed by atoms with E-state index < -0.39 is 0 Å². The highest BCUT2D eigenvalue weighted by Crippen LogP contribution is 2.11. The van der Waals surface area contributed by atoms with Crippen molar-refractivity contribution in [2.75, 3.05) is 26.2 Å². The first-order valence-electron chi connectivity index (χ1n) is 6.29. The lowest BCUT2D eigenvalue weighted by Gasteiger charge is -2.34. The number of hydrogen-bond donors (Lipinski definition) is 0. The van der Waals surface area contributed by atoms with Crippen molar-refractivity contribution in [1.82, 2.24) is 14.8 Å². The third-order valence-corrected chi connectivity index (χ3v) is 3.67. The number of pyridine rings is 1. The zero-order valence-corrected chi connectivity index (χ0v) is 12.2. The topological polar surface area (TPSA) is 36.4 Å². The summed E-state index contributed by atoms with van der Waals surface area (Å²) in [5, 5.41) is 0. The van der Waals surface area contributed by atoms with E-state index in [1.165, 1.54) is 0 Å². The van der Waals surface area contributed by atoms with E-state index in [1.54, 1.807) is 0 Å². The maximum Gasteiger partial charge on any atom is 0.222 e. The van der Waals surface area contributed by atoms with Crippen LogP contribution in [0.15, 0.2) is 22.8 Å². The van der Waals surface area contributed by atoms with Crippen LogP contribution in [0.2, 0.25) is 0 Å². The summed E-state index contributed by atoms with van der Waals surface area (Å²) < 4.78 is 1.00. The van der Waals surface area contributed by atoms with E-state index in [0.717, 1.165) is 42.9 Å². The molecule has 2 heterocycles. The van der Waals surface area contributed by atoms with Crippen LogP contribution in [0.1, 0.15) is 19.0 Å². The lowest BCUT2D eigenvalue weighted by Crippen LogP contribution is -2.48. The summed E-state index contributed by atoms with van der Waals surface area (Å²) in [5.74, 6) is 0.261. The van der Waals surface area contributed by atoms with Crippen molar-refractivity contribution in [2.45, 2.75) is 19.9 Å². The second-order valence-corrected chi connectivity index (χ2v) is 5.39. The molecule has 1 fully saturated rings. The second-order valence-electron chi connectivity index (χ2n) is 4.48. The maximum absolute atomic E-state index is 11.6. The molecule has 0 N–H and O–H groups in total. The predicted molar refractivity (Wildman–Crippen MR) is 74.1 cm³/mol. The van der Waals surface area contributed by atoms with Crippen molar-refractivity contribution in [3.63, 3.8) is 0 Å². The Labute approximate surface area is 116 Å². The number of nitrogens with zero attached hydrogens (tertiary/aromatic N) is 3. The minimum absolute atomic E-state index is 0.261. The first kappa shape index (κ1) is 13.5. The molecule has 0 radical (unpaired) electrons. The summed E-state index contributed by atoms with van der Waals surface area (Å²) in [6, 6.07) is 4.05. The molecule has 4 nitrogen and oxygen atoms in total. The van der Waals surface area contributed by atoms with Gasteiger partial charge in [0.05, 0.1) is 5.69 Å². The van der Waals surface area contributed by atoms with Crippen LogP contribution in [0.4, 0.5) is 0 Å². The van der Waals surface area contributed by atoms with Crippen molar-refractivity contribution in [3.8, 4) is 0 Å². The molecule has 0 bridgehead atoms. The number of halogens is 1. The molecule has 0 aromatic carbocycles. The highest BCUT2D eigenvalue weighted by molar-refractivity contribution is 9.10. The fraction of sp³-hybridized carbons (Fsp3) is 0.538. The number of hydrogen-bond acceptors (Lipinski definition) is 3. The maximum atomic E-state index is 11.6. The minimum atomic E-state index is 0.261. The number of carbonyl (C=O) groups is 1. The van der Waals surface area contributed by atoms with Gasteiger partial charge in [-0.15, -0.1) is 0 Å². The highest BCUT2D eigenvalue weighted by atomic mass is 79.9. The van der Waals surface area contributed by atoms with Gasteiger partial charge in [0.2, 0.25) is 5.91 Å². The van der Waals surface area contributed by atoms with Gasteiger partial charge in [-0.2, -0.15) is 0 Å². The van der Waals surface area contributed by atoms with Gasteiger partial charge >= 0.3 is 0 Å². The van der Waals surface area contributed by atoms with Crippen molar-refractivity contribution in [1.29, 1.82) is 0 Å². The van der Waals surface area contributed by atoms with E-state index in [9.17, 15) is 4.79 Å². The van der Waals surface area contributed by atoms with Gasteiger partial charge in [0, 0.05) is 49.8 Å². The van der Waals surface area contributed by atoms with E-state index >= 15 is 0 Å². The molecule has 18 heavy (non-hydrogen) atoms. The molecule has 0 atom stereocenters. The standard InChI is InChI=1S/C13H18BrN3O/c1-2-13(18)17-7-5-16(6-8-17)10-12-4-3-11(14)9-15-12/h3-4,9H,2,5-8,10H2,1H3. The monoisotopic (exact) mass is 311 g/mol. The van der Waals surface area contributed by atoms with Gasteiger partial charge in [-0.1, -0.05) is 6.92 Å². The first-order valence-corrected chi connectivity index (χ1v) is 7.09. The van der Waals surface area contributed by atoms with Crippen LogP contribution in [0.5, 0.6) is 0 Å². The van der Waals surface area contributed by atoms with Crippen LogP contribution in [-0.2, 0) is 11.3 Å². The smallest absolute Gasteiger partial charge is 0.222 e. The summed E-state index contributed by atoms with van der Waals surface area (Å²) in [5.41, 5.74) is 1.08. The Hall–Kier alpha value is -0.940. The predicted octanol–water partition coefficient (Wildman–Crippen LogP) is 1.90. The average Bonchev–Trinajstić information content (AvgIpc) is 2.41. The molecule has 1 aliphatic heterocycles. The van der Waals surface area contributed by atoms with Gasteiger partial charge in [0.1, 0.15) is 0 Å². The molecule has 5 heteroatoms. The Kier molecular flexibility index (Phi) is 4.72. The summed E-state index contributed by atoms with van der Waals surface area (Å²) in [7, 11) is 0. The molecule has 98 valence electrons.